The Hall–Kier alpha value is -2.69. The Labute approximate surface area is 135 Å². The lowest BCUT2D eigenvalue weighted by Crippen LogP contribution is -2.32. The second-order valence-electron chi connectivity index (χ2n) is 5.57. The molecule has 0 saturated carbocycles. The van der Waals surface area contributed by atoms with E-state index in [4.69, 9.17) is 4.74 Å². The molecule has 2 aromatic rings. The lowest BCUT2D eigenvalue weighted by molar-refractivity contribution is -0.116. The SMILES string of the molecule is CCCOc1cccc(NC(=O)C2Cc3c(O)cccc3N2)c1. The summed E-state index contributed by atoms with van der Waals surface area (Å²) in [5.41, 5.74) is 2.29. The molecule has 0 saturated heterocycles. The Bertz CT molecular complexity index is 715. The van der Waals surface area contributed by atoms with Crippen molar-refractivity contribution in [1.82, 2.24) is 0 Å². The van der Waals surface area contributed by atoms with Crippen LogP contribution in [-0.2, 0) is 11.2 Å². The molecule has 1 heterocycles. The van der Waals surface area contributed by atoms with Crippen LogP contribution in [0.15, 0.2) is 42.5 Å². The lowest BCUT2D eigenvalue weighted by atomic mass is 10.1. The van der Waals surface area contributed by atoms with Crippen molar-refractivity contribution in [3.63, 3.8) is 0 Å². The standard InChI is InChI=1S/C18H20N2O3/c1-2-9-23-13-6-3-5-12(10-13)19-18(22)16-11-14-15(20-16)7-4-8-17(14)21/h3-8,10,16,20-21H,2,9,11H2,1H3,(H,19,22). The van der Waals surface area contributed by atoms with E-state index < -0.39 is 6.04 Å². The number of amides is 1. The average molecular weight is 312 g/mol. The van der Waals surface area contributed by atoms with Gasteiger partial charge in [-0.2, -0.15) is 0 Å². The van der Waals surface area contributed by atoms with Gasteiger partial charge in [0.2, 0.25) is 5.91 Å². The number of fused-ring (bicyclic) bond motifs is 1. The van der Waals surface area contributed by atoms with Crippen LogP contribution in [0.4, 0.5) is 11.4 Å². The van der Waals surface area contributed by atoms with E-state index in [0.717, 1.165) is 23.4 Å². The van der Waals surface area contributed by atoms with Gasteiger partial charge in [0.15, 0.2) is 0 Å². The largest absolute Gasteiger partial charge is 0.508 e. The highest BCUT2D eigenvalue weighted by Gasteiger charge is 2.28. The molecule has 0 radical (unpaired) electrons. The number of hydrogen-bond donors (Lipinski definition) is 3. The summed E-state index contributed by atoms with van der Waals surface area (Å²) in [6, 6.07) is 12.2. The van der Waals surface area contributed by atoms with Gasteiger partial charge in [0.1, 0.15) is 17.5 Å². The number of carbonyl (C=O) groups is 1. The van der Waals surface area contributed by atoms with Crippen molar-refractivity contribution in [1.29, 1.82) is 0 Å². The third-order valence-corrected chi connectivity index (χ3v) is 3.78. The van der Waals surface area contributed by atoms with Crippen molar-refractivity contribution in [2.45, 2.75) is 25.8 Å². The van der Waals surface area contributed by atoms with Gasteiger partial charge in [-0.1, -0.05) is 19.1 Å². The minimum Gasteiger partial charge on any atom is -0.508 e. The third-order valence-electron chi connectivity index (χ3n) is 3.78. The molecule has 3 N–H and O–H groups in total. The summed E-state index contributed by atoms with van der Waals surface area (Å²) in [6.45, 7) is 2.70. The molecular formula is C18H20N2O3. The second kappa shape index (κ2) is 6.60. The van der Waals surface area contributed by atoms with Gasteiger partial charge in [0.25, 0.3) is 0 Å². The van der Waals surface area contributed by atoms with Crippen LogP contribution in [0.2, 0.25) is 0 Å². The van der Waals surface area contributed by atoms with E-state index in [1.54, 1.807) is 12.1 Å². The zero-order valence-electron chi connectivity index (χ0n) is 13.0. The molecule has 1 amide bonds. The van der Waals surface area contributed by atoms with Crippen LogP contribution in [0.1, 0.15) is 18.9 Å². The Morgan fingerprint density at radius 3 is 2.96 bits per heavy atom. The van der Waals surface area contributed by atoms with Crippen molar-refractivity contribution >= 4 is 17.3 Å². The first kappa shape index (κ1) is 15.2. The molecule has 0 aliphatic carbocycles. The molecule has 0 aromatic heterocycles. The molecule has 0 fully saturated rings. The maximum atomic E-state index is 12.4. The van der Waals surface area contributed by atoms with Crippen LogP contribution in [0.25, 0.3) is 0 Å². The van der Waals surface area contributed by atoms with E-state index in [0.29, 0.717) is 18.7 Å². The third kappa shape index (κ3) is 3.39. The number of phenolic OH excluding ortho intramolecular Hbond substituents is 1. The number of ether oxygens (including phenoxy) is 1. The van der Waals surface area contributed by atoms with Gasteiger partial charge >= 0.3 is 0 Å². The van der Waals surface area contributed by atoms with E-state index in [1.165, 1.54) is 0 Å². The van der Waals surface area contributed by atoms with Crippen LogP contribution in [0, 0.1) is 0 Å². The van der Waals surface area contributed by atoms with Crippen molar-refractivity contribution in [2.24, 2.45) is 0 Å². The van der Waals surface area contributed by atoms with Gasteiger partial charge < -0.3 is 20.5 Å². The molecule has 23 heavy (non-hydrogen) atoms. The number of aromatic hydroxyl groups is 1. The zero-order valence-corrected chi connectivity index (χ0v) is 13.0. The van der Waals surface area contributed by atoms with Crippen LogP contribution in [-0.4, -0.2) is 23.7 Å². The highest BCUT2D eigenvalue weighted by molar-refractivity contribution is 5.98. The van der Waals surface area contributed by atoms with Crippen LogP contribution < -0.4 is 15.4 Å². The monoisotopic (exact) mass is 312 g/mol. The van der Waals surface area contributed by atoms with Gasteiger partial charge in [-0.3, -0.25) is 4.79 Å². The lowest BCUT2D eigenvalue weighted by Gasteiger charge is -2.13. The fourth-order valence-electron chi connectivity index (χ4n) is 2.64. The molecule has 1 aliphatic heterocycles. The fraction of sp³-hybridized carbons (Fsp3) is 0.278. The molecule has 1 aliphatic rings. The predicted octanol–water partition coefficient (Wildman–Crippen LogP) is 3.16. The number of nitrogens with one attached hydrogen (secondary N) is 2. The number of anilines is 2. The van der Waals surface area contributed by atoms with Gasteiger partial charge in [-0.15, -0.1) is 0 Å². The van der Waals surface area contributed by atoms with Crippen molar-refractivity contribution in [3.8, 4) is 11.5 Å². The number of hydrogen-bond acceptors (Lipinski definition) is 4. The van der Waals surface area contributed by atoms with E-state index in [2.05, 4.69) is 10.6 Å². The first-order chi connectivity index (χ1) is 11.2. The summed E-state index contributed by atoms with van der Waals surface area (Å²) >= 11 is 0. The number of phenols is 1. The molecule has 5 nitrogen and oxygen atoms in total. The average Bonchev–Trinajstić information content (AvgIpc) is 2.99. The Morgan fingerprint density at radius 1 is 1.35 bits per heavy atom. The molecule has 1 atom stereocenters. The van der Waals surface area contributed by atoms with E-state index in [-0.39, 0.29) is 11.7 Å². The smallest absolute Gasteiger partial charge is 0.247 e. The summed E-state index contributed by atoms with van der Waals surface area (Å²) in [5.74, 6) is 0.832. The van der Waals surface area contributed by atoms with Crippen molar-refractivity contribution < 1.29 is 14.6 Å². The fourth-order valence-corrected chi connectivity index (χ4v) is 2.64. The number of benzene rings is 2. The molecule has 3 rings (SSSR count). The normalized spacial score (nSPS) is 15.6. The van der Waals surface area contributed by atoms with Gasteiger partial charge in [0.05, 0.1) is 6.61 Å². The maximum Gasteiger partial charge on any atom is 0.247 e. The topological polar surface area (TPSA) is 70.6 Å². The zero-order chi connectivity index (χ0) is 16.2. The molecule has 0 bridgehead atoms. The van der Waals surface area contributed by atoms with Crippen molar-refractivity contribution in [3.05, 3.63) is 48.0 Å². The number of rotatable bonds is 5. The highest BCUT2D eigenvalue weighted by Crippen LogP contribution is 2.33. The summed E-state index contributed by atoms with van der Waals surface area (Å²) < 4.78 is 5.57. The Balaban J connectivity index is 1.66. The maximum absolute atomic E-state index is 12.4. The number of carbonyl (C=O) groups excluding carboxylic acids is 1. The molecular weight excluding hydrogens is 292 g/mol. The van der Waals surface area contributed by atoms with Crippen LogP contribution >= 0.6 is 0 Å². The quantitative estimate of drug-likeness (QED) is 0.793. The first-order valence-corrected chi connectivity index (χ1v) is 7.78. The molecule has 5 heteroatoms. The van der Waals surface area contributed by atoms with E-state index >= 15 is 0 Å². The Morgan fingerprint density at radius 2 is 2.17 bits per heavy atom. The molecule has 120 valence electrons. The summed E-state index contributed by atoms with van der Waals surface area (Å²) in [6.07, 6.45) is 1.41. The minimum absolute atomic E-state index is 0.131. The van der Waals surface area contributed by atoms with Crippen molar-refractivity contribution in [2.75, 3.05) is 17.2 Å². The predicted molar refractivity (Wildman–Crippen MR) is 90.1 cm³/mol. The van der Waals surface area contributed by atoms with E-state index in [9.17, 15) is 9.90 Å². The van der Waals surface area contributed by atoms with Gasteiger partial charge in [0, 0.05) is 29.4 Å². The first-order valence-electron chi connectivity index (χ1n) is 7.78. The van der Waals surface area contributed by atoms with Crippen LogP contribution in [0.5, 0.6) is 11.5 Å². The molecule has 0 spiro atoms. The molecule has 1 unspecified atom stereocenters. The van der Waals surface area contributed by atoms with Gasteiger partial charge in [-0.05, 0) is 30.7 Å². The second-order valence-corrected chi connectivity index (χ2v) is 5.57. The summed E-state index contributed by atoms with van der Waals surface area (Å²) in [7, 11) is 0. The Kier molecular flexibility index (Phi) is 4.37. The highest BCUT2D eigenvalue weighted by atomic mass is 16.5. The minimum atomic E-state index is -0.390. The van der Waals surface area contributed by atoms with E-state index in [1.807, 2.05) is 37.3 Å². The molecule has 2 aromatic carbocycles. The van der Waals surface area contributed by atoms with Gasteiger partial charge in [-0.25, -0.2) is 0 Å². The summed E-state index contributed by atoms with van der Waals surface area (Å²) in [4.78, 5) is 12.4. The summed E-state index contributed by atoms with van der Waals surface area (Å²) in [5, 5.41) is 15.9. The van der Waals surface area contributed by atoms with Crippen LogP contribution in [0.3, 0.4) is 0 Å².